The molecule has 7 heteroatoms. The lowest BCUT2D eigenvalue weighted by Crippen LogP contribution is -2.37. The summed E-state index contributed by atoms with van der Waals surface area (Å²) in [5.74, 6) is 1.96. The summed E-state index contributed by atoms with van der Waals surface area (Å²) >= 11 is 0. The van der Waals surface area contributed by atoms with Crippen molar-refractivity contribution in [3.8, 4) is 11.5 Å². The molecule has 0 radical (unpaired) electrons. The minimum Gasteiger partial charge on any atom is -0.493 e. The first-order valence-electron chi connectivity index (χ1n) is 9.06. The summed E-state index contributed by atoms with van der Waals surface area (Å²) < 4.78 is 24.1. The Balaban J connectivity index is 0.00000392. The first-order valence-corrected chi connectivity index (χ1v) is 9.06. The zero-order valence-corrected chi connectivity index (χ0v) is 19.2. The van der Waals surface area contributed by atoms with Crippen molar-refractivity contribution in [2.75, 3.05) is 27.3 Å². The summed E-state index contributed by atoms with van der Waals surface area (Å²) in [6, 6.07) is 10.7. The second-order valence-corrected chi connectivity index (χ2v) is 6.09. The monoisotopic (exact) mass is 501 g/mol. The molecule has 2 N–H and O–H groups in total. The van der Waals surface area contributed by atoms with E-state index >= 15 is 0 Å². The van der Waals surface area contributed by atoms with Crippen molar-refractivity contribution in [1.29, 1.82) is 0 Å². The molecule has 0 amide bonds. The van der Waals surface area contributed by atoms with Crippen LogP contribution in [0.4, 0.5) is 4.39 Å². The Kier molecular flexibility index (Phi) is 10.7. The van der Waals surface area contributed by atoms with Crippen molar-refractivity contribution in [1.82, 2.24) is 10.6 Å². The Morgan fingerprint density at radius 2 is 1.89 bits per heavy atom. The number of guanidine groups is 1. The van der Waals surface area contributed by atoms with Crippen molar-refractivity contribution in [2.45, 2.75) is 26.8 Å². The molecule has 5 nitrogen and oxygen atoms in total. The zero-order chi connectivity index (χ0) is 19.6. The predicted octanol–water partition coefficient (Wildman–Crippen LogP) is 4.07. The number of hydrogen-bond donors (Lipinski definition) is 2. The highest BCUT2D eigenvalue weighted by Gasteiger charge is 2.06. The number of nitrogens with zero attached hydrogens (tertiary/aromatic N) is 1. The topological polar surface area (TPSA) is 54.9 Å². The predicted molar refractivity (Wildman–Crippen MR) is 123 cm³/mol. The van der Waals surface area contributed by atoms with Crippen LogP contribution in [-0.4, -0.2) is 33.3 Å². The Morgan fingerprint density at radius 1 is 1.11 bits per heavy atom. The van der Waals surface area contributed by atoms with Crippen molar-refractivity contribution in [3.05, 3.63) is 58.9 Å². The molecule has 2 aromatic rings. The molecular weight excluding hydrogens is 472 g/mol. The molecule has 0 saturated heterocycles. The lowest BCUT2D eigenvalue weighted by molar-refractivity contribution is 0.310. The Bertz CT molecular complexity index is 784. The number of ether oxygens (including phenoxy) is 2. The molecule has 2 rings (SSSR count). The van der Waals surface area contributed by atoms with Gasteiger partial charge in [-0.2, -0.15) is 0 Å². The van der Waals surface area contributed by atoms with Crippen LogP contribution in [0.5, 0.6) is 11.5 Å². The standard InChI is InChI=1S/C21H28FN3O2.HI/c1-5-27-20-13-16(6-9-19(20)26-4)14-25-21(23-3)24-11-10-17-7-8-18(22)12-15(17)2;/h6-9,12-13H,5,10-11,14H2,1-4H3,(H2,23,24,25);1H. The van der Waals surface area contributed by atoms with Crippen LogP contribution in [0, 0.1) is 12.7 Å². The number of hydrogen-bond acceptors (Lipinski definition) is 3. The van der Waals surface area contributed by atoms with E-state index in [1.54, 1.807) is 20.2 Å². The van der Waals surface area contributed by atoms with E-state index in [0.29, 0.717) is 25.7 Å². The fourth-order valence-electron chi connectivity index (χ4n) is 2.76. The van der Waals surface area contributed by atoms with E-state index in [4.69, 9.17) is 9.47 Å². The highest BCUT2D eigenvalue weighted by molar-refractivity contribution is 14.0. The Hall–Kier alpha value is -2.03. The van der Waals surface area contributed by atoms with Gasteiger partial charge in [0, 0.05) is 20.1 Å². The molecule has 0 heterocycles. The van der Waals surface area contributed by atoms with E-state index in [1.807, 2.05) is 38.1 Å². The lowest BCUT2D eigenvalue weighted by atomic mass is 10.1. The third-order valence-corrected chi connectivity index (χ3v) is 4.20. The molecule has 0 aliphatic rings. The van der Waals surface area contributed by atoms with Gasteiger partial charge in [-0.25, -0.2) is 4.39 Å². The molecular formula is C21H29FIN3O2. The van der Waals surface area contributed by atoms with Gasteiger partial charge in [0.1, 0.15) is 5.82 Å². The van der Waals surface area contributed by atoms with Crippen LogP contribution in [0.1, 0.15) is 23.6 Å². The van der Waals surface area contributed by atoms with E-state index in [0.717, 1.165) is 34.6 Å². The average molecular weight is 501 g/mol. The van der Waals surface area contributed by atoms with Gasteiger partial charge in [0.25, 0.3) is 0 Å². The molecule has 0 saturated carbocycles. The minimum absolute atomic E-state index is 0. The molecule has 0 bridgehead atoms. The maximum Gasteiger partial charge on any atom is 0.191 e. The molecule has 0 aliphatic heterocycles. The van der Waals surface area contributed by atoms with Gasteiger partial charge in [-0.15, -0.1) is 24.0 Å². The lowest BCUT2D eigenvalue weighted by Gasteiger charge is -2.14. The summed E-state index contributed by atoms with van der Waals surface area (Å²) in [5, 5.41) is 6.57. The number of benzene rings is 2. The number of aryl methyl sites for hydroxylation is 1. The van der Waals surface area contributed by atoms with Crippen LogP contribution in [0.3, 0.4) is 0 Å². The average Bonchev–Trinajstić information content (AvgIpc) is 2.66. The third kappa shape index (κ3) is 7.18. The largest absolute Gasteiger partial charge is 0.493 e. The summed E-state index contributed by atoms with van der Waals surface area (Å²) in [4.78, 5) is 4.24. The normalized spacial score (nSPS) is 10.8. The number of rotatable bonds is 8. The van der Waals surface area contributed by atoms with Gasteiger partial charge in [-0.05, 0) is 61.2 Å². The molecule has 154 valence electrons. The van der Waals surface area contributed by atoms with Gasteiger partial charge in [0.05, 0.1) is 13.7 Å². The van der Waals surface area contributed by atoms with Gasteiger partial charge in [0.15, 0.2) is 17.5 Å². The summed E-state index contributed by atoms with van der Waals surface area (Å²) in [7, 11) is 3.36. The van der Waals surface area contributed by atoms with Crippen molar-refractivity contribution in [2.24, 2.45) is 4.99 Å². The van der Waals surface area contributed by atoms with E-state index < -0.39 is 0 Å². The van der Waals surface area contributed by atoms with E-state index in [9.17, 15) is 4.39 Å². The maximum absolute atomic E-state index is 13.2. The van der Waals surface area contributed by atoms with Crippen LogP contribution >= 0.6 is 24.0 Å². The van der Waals surface area contributed by atoms with Crippen LogP contribution in [0.2, 0.25) is 0 Å². The van der Waals surface area contributed by atoms with Gasteiger partial charge >= 0.3 is 0 Å². The second-order valence-electron chi connectivity index (χ2n) is 6.09. The number of methoxy groups -OCH3 is 1. The molecule has 0 spiro atoms. The van der Waals surface area contributed by atoms with Gasteiger partial charge in [0.2, 0.25) is 0 Å². The van der Waals surface area contributed by atoms with Gasteiger partial charge in [-0.1, -0.05) is 12.1 Å². The first kappa shape index (κ1) is 24.0. The van der Waals surface area contributed by atoms with Crippen LogP contribution < -0.4 is 20.1 Å². The smallest absolute Gasteiger partial charge is 0.191 e. The van der Waals surface area contributed by atoms with Crippen LogP contribution in [0.15, 0.2) is 41.4 Å². The van der Waals surface area contributed by atoms with E-state index in [-0.39, 0.29) is 29.8 Å². The number of nitrogens with one attached hydrogen (secondary N) is 2. The SMILES string of the molecule is CCOc1cc(CNC(=NC)NCCc2ccc(F)cc2C)ccc1OC.I. The first-order chi connectivity index (χ1) is 13.1. The van der Waals surface area contributed by atoms with Gasteiger partial charge in [-0.3, -0.25) is 4.99 Å². The molecule has 0 fully saturated rings. The second kappa shape index (κ2) is 12.4. The molecule has 0 atom stereocenters. The van der Waals surface area contributed by atoms with E-state index in [2.05, 4.69) is 15.6 Å². The number of aliphatic imine (C=N–C) groups is 1. The van der Waals surface area contributed by atoms with Gasteiger partial charge < -0.3 is 20.1 Å². The molecule has 0 unspecified atom stereocenters. The quantitative estimate of drug-likeness (QED) is 0.326. The molecule has 2 aromatic carbocycles. The fourth-order valence-corrected chi connectivity index (χ4v) is 2.76. The minimum atomic E-state index is -0.201. The van der Waals surface area contributed by atoms with Crippen molar-refractivity contribution >= 4 is 29.9 Å². The molecule has 0 aliphatic carbocycles. The summed E-state index contributed by atoms with van der Waals surface area (Å²) in [5.41, 5.74) is 3.15. The fraction of sp³-hybridized carbons (Fsp3) is 0.381. The van der Waals surface area contributed by atoms with Crippen LogP contribution in [-0.2, 0) is 13.0 Å². The van der Waals surface area contributed by atoms with Crippen molar-refractivity contribution < 1.29 is 13.9 Å². The van der Waals surface area contributed by atoms with Crippen molar-refractivity contribution in [3.63, 3.8) is 0 Å². The third-order valence-electron chi connectivity index (χ3n) is 4.20. The molecule has 0 aromatic heterocycles. The highest BCUT2D eigenvalue weighted by Crippen LogP contribution is 2.27. The highest BCUT2D eigenvalue weighted by atomic mass is 127. The van der Waals surface area contributed by atoms with Crippen LogP contribution in [0.25, 0.3) is 0 Å². The summed E-state index contributed by atoms with van der Waals surface area (Å²) in [6.45, 7) is 5.77. The Labute approximate surface area is 183 Å². The number of halogens is 2. The summed E-state index contributed by atoms with van der Waals surface area (Å²) in [6.07, 6.45) is 0.795. The maximum atomic E-state index is 13.2. The van der Waals surface area contributed by atoms with E-state index in [1.165, 1.54) is 6.07 Å². The Morgan fingerprint density at radius 3 is 2.54 bits per heavy atom. The molecule has 28 heavy (non-hydrogen) atoms. The zero-order valence-electron chi connectivity index (χ0n) is 16.8.